The molecule has 0 saturated carbocycles. The summed E-state index contributed by atoms with van der Waals surface area (Å²) in [6.45, 7) is 0. The summed E-state index contributed by atoms with van der Waals surface area (Å²) in [6.07, 6.45) is 0.163. The van der Waals surface area contributed by atoms with E-state index in [2.05, 4.69) is 10.0 Å². The van der Waals surface area contributed by atoms with Crippen LogP contribution in [0.5, 0.6) is 5.75 Å². The van der Waals surface area contributed by atoms with Gasteiger partial charge in [-0.3, -0.25) is 9.52 Å². The summed E-state index contributed by atoms with van der Waals surface area (Å²) in [6, 6.07) is 17.1. The summed E-state index contributed by atoms with van der Waals surface area (Å²) < 4.78 is 32.4. The maximum atomic E-state index is 12.2. The Hall–Kier alpha value is -2.84. The minimum absolute atomic E-state index is 0.163. The van der Waals surface area contributed by atoms with Crippen molar-refractivity contribution in [3.63, 3.8) is 0 Å². The molecule has 0 spiro atoms. The largest absolute Gasteiger partial charge is 0.495 e. The predicted octanol–water partition coefficient (Wildman–Crippen LogP) is 3.74. The fraction of sp³-hybridized carbons (Fsp3) is 0.105. The number of thiophene rings is 1. The Morgan fingerprint density at radius 2 is 1.78 bits per heavy atom. The summed E-state index contributed by atoms with van der Waals surface area (Å²) in [5, 5.41) is 4.51. The minimum Gasteiger partial charge on any atom is -0.495 e. The molecule has 2 N–H and O–H groups in total. The molecular formula is C19H18N2O4S2. The molecule has 3 aromatic rings. The zero-order valence-corrected chi connectivity index (χ0v) is 16.1. The summed E-state index contributed by atoms with van der Waals surface area (Å²) in [4.78, 5) is 12.2. The van der Waals surface area contributed by atoms with Crippen LogP contribution in [0.3, 0.4) is 0 Å². The lowest BCUT2D eigenvalue weighted by Crippen LogP contribution is -2.15. The van der Waals surface area contributed by atoms with Crippen molar-refractivity contribution in [2.24, 2.45) is 0 Å². The van der Waals surface area contributed by atoms with Crippen LogP contribution in [0, 0.1) is 0 Å². The van der Waals surface area contributed by atoms with Gasteiger partial charge in [0.2, 0.25) is 5.91 Å². The van der Waals surface area contributed by atoms with Gasteiger partial charge >= 0.3 is 0 Å². The monoisotopic (exact) mass is 402 g/mol. The Labute approximate surface area is 161 Å². The van der Waals surface area contributed by atoms with Gasteiger partial charge in [0.05, 0.1) is 19.2 Å². The van der Waals surface area contributed by atoms with Gasteiger partial charge in [0.25, 0.3) is 10.0 Å². The van der Waals surface area contributed by atoms with E-state index in [0.29, 0.717) is 17.1 Å². The van der Waals surface area contributed by atoms with E-state index in [1.807, 2.05) is 12.1 Å². The van der Waals surface area contributed by atoms with E-state index in [4.69, 9.17) is 4.74 Å². The van der Waals surface area contributed by atoms with E-state index in [1.54, 1.807) is 61.0 Å². The van der Waals surface area contributed by atoms with E-state index >= 15 is 0 Å². The van der Waals surface area contributed by atoms with Crippen LogP contribution >= 0.6 is 11.3 Å². The molecule has 1 aromatic heterocycles. The van der Waals surface area contributed by atoms with Gasteiger partial charge in [-0.15, -0.1) is 11.3 Å². The Morgan fingerprint density at radius 3 is 2.44 bits per heavy atom. The number of carbonyl (C=O) groups is 1. The first-order chi connectivity index (χ1) is 13.0. The van der Waals surface area contributed by atoms with Crippen molar-refractivity contribution < 1.29 is 17.9 Å². The van der Waals surface area contributed by atoms with Crippen molar-refractivity contribution in [2.75, 3.05) is 17.1 Å². The number of hydrogen-bond acceptors (Lipinski definition) is 5. The number of hydrogen-bond donors (Lipinski definition) is 2. The molecule has 2 aromatic carbocycles. The topological polar surface area (TPSA) is 84.5 Å². The second-order valence-electron chi connectivity index (χ2n) is 5.66. The molecule has 0 saturated heterocycles. The van der Waals surface area contributed by atoms with Gasteiger partial charge in [-0.25, -0.2) is 8.42 Å². The fourth-order valence-electron chi connectivity index (χ4n) is 2.44. The van der Waals surface area contributed by atoms with Crippen LogP contribution in [0.4, 0.5) is 11.4 Å². The SMILES string of the molecule is COc1ccccc1NC(=O)Cc1ccc(NS(=O)(=O)c2cccs2)cc1. The Bertz CT molecular complexity index is 1010. The summed E-state index contributed by atoms with van der Waals surface area (Å²) in [7, 11) is -2.04. The Kier molecular flexibility index (Phi) is 5.78. The van der Waals surface area contributed by atoms with Gasteiger partial charge in [-0.2, -0.15) is 0 Å². The maximum Gasteiger partial charge on any atom is 0.271 e. The molecule has 0 aliphatic carbocycles. The first kappa shape index (κ1) is 18.9. The Morgan fingerprint density at radius 1 is 1.04 bits per heavy atom. The average molecular weight is 402 g/mol. The molecule has 0 radical (unpaired) electrons. The number of para-hydroxylation sites is 2. The van der Waals surface area contributed by atoms with Gasteiger partial charge < -0.3 is 10.1 Å². The molecule has 0 atom stereocenters. The highest BCUT2D eigenvalue weighted by Gasteiger charge is 2.15. The number of nitrogens with one attached hydrogen (secondary N) is 2. The predicted molar refractivity (Wildman–Crippen MR) is 107 cm³/mol. The van der Waals surface area contributed by atoms with E-state index < -0.39 is 10.0 Å². The molecule has 1 heterocycles. The first-order valence-corrected chi connectivity index (χ1v) is 10.4. The summed E-state index contributed by atoms with van der Waals surface area (Å²) in [5.41, 5.74) is 1.81. The van der Waals surface area contributed by atoms with E-state index in [9.17, 15) is 13.2 Å². The van der Waals surface area contributed by atoms with E-state index in [-0.39, 0.29) is 16.5 Å². The highest BCUT2D eigenvalue weighted by molar-refractivity contribution is 7.94. The third-order valence-electron chi connectivity index (χ3n) is 3.71. The van der Waals surface area contributed by atoms with Crippen LogP contribution in [0.1, 0.15) is 5.56 Å². The zero-order chi connectivity index (χ0) is 19.3. The molecule has 140 valence electrons. The Balaban J connectivity index is 1.63. The lowest BCUT2D eigenvalue weighted by molar-refractivity contribution is -0.115. The number of methoxy groups -OCH3 is 1. The van der Waals surface area contributed by atoms with Crippen LogP contribution in [-0.2, 0) is 21.2 Å². The lowest BCUT2D eigenvalue weighted by Gasteiger charge is -2.10. The van der Waals surface area contributed by atoms with Crippen LogP contribution in [0.2, 0.25) is 0 Å². The number of benzene rings is 2. The minimum atomic E-state index is -3.58. The van der Waals surface area contributed by atoms with Crippen LogP contribution < -0.4 is 14.8 Å². The molecule has 0 aliphatic rings. The number of sulfonamides is 1. The quantitative estimate of drug-likeness (QED) is 0.631. The third kappa shape index (κ3) is 4.87. The highest BCUT2D eigenvalue weighted by atomic mass is 32.2. The normalized spacial score (nSPS) is 11.0. The van der Waals surface area contributed by atoms with Gasteiger partial charge in [0.15, 0.2) is 0 Å². The number of anilines is 2. The van der Waals surface area contributed by atoms with Crippen molar-refractivity contribution in [2.45, 2.75) is 10.6 Å². The number of carbonyl (C=O) groups excluding carboxylic acids is 1. The average Bonchev–Trinajstić information content (AvgIpc) is 3.19. The number of amides is 1. The van der Waals surface area contributed by atoms with Crippen LogP contribution in [-0.4, -0.2) is 21.4 Å². The molecule has 0 unspecified atom stereocenters. The first-order valence-electron chi connectivity index (χ1n) is 8.06. The van der Waals surface area contributed by atoms with Gasteiger partial charge in [-0.05, 0) is 41.3 Å². The highest BCUT2D eigenvalue weighted by Crippen LogP contribution is 2.24. The molecular weight excluding hydrogens is 384 g/mol. The number of rotatable bonds is 7. The fourth-order valence-corrected chi connectivity index (χ4v) is 4.49. The van der Waals surface area contributed by atoms with Gasteiger partial charge in [-0.1, -0.05) is 30.3 Å². The van der Waals surface area contributed by atoms with Gasteiger partial charge in [0, 0.05) is 5.69 Å². The second kappa shape index (κ2) is 8.24. The zero-order valence-electron chi connectivity index (χ0n) is 14.5. The maximum absolute atomic E-state index is 12.2. The standard InChI is InChI=1S/C19H18N2O4S2/c1-25-17-6-3-2-5-16(17)20-18(22)13-14-8-10-15(11-9-14)21-27(23,24)19-7-4-12-26-19/h2-12,21H,13H2,1H3,(H,20,22). The molecule has 0 fully saturated rings. The van der Waals surface area contributed by atoms with Crippen molar-refractivity contribution in [3.8, 4) is 5.75 Å². The smallest absolute Gasteiger partial charge is 0.271 e. The van der Waals surface area contributed by atoms with Crippen molar-refractivity contribution in [3.05, 3.63) is 71.6 Å². The van der Waals surface area contributed by atoms with Crippen molar-refractivity contribution in [1.82, 2.24) is 0 Å². The van der Waals surface area contributed by atoms with Crippen molar-refractivity contribution >= 4 is 38.6 Å². The van der Waals surface area contributed by atoms with Crippen LogP contribution in [0.25, 0.3) is 0 Å². The third-order valence-corrected chi connectivity index (χ3v) is 6.49. The van der Waals surface area contributed by atoms with Crippen LogP contribution in [0.15, 0.2) is 70.3 Å². The molecule has 27 heavy (non-hydrogen) atoms. The van der Waals surface area contributed by atoms with Gasteiger partial charge in [0.1, 0.15) is 9.96 Å². The molecule has 0 bridgehead atoms. The summed E-state index contributed by atoms with van der Waals surface area (Å²) in [5.74, 6) is 0.399. The molecule has 0 aliphatic heterocycles. The molecule has 6 nitrogen and oxygen atoms in total. The number of ether oxygens (including phenoxy) is 1. The van der Waals surface area contributed by atoms with Crippen molar-refractivity contribution in [1.29, 1.82) is 0 Å². The van der Waals surface area contributed by atoms with E-state index in [0.717, 1.165) is 16.9 Å². The second-order valence-corrected chi connectivity index (χ2v) is 8.52. The summed E-state index contributed by atoms with van der Waals surface area (Å²) >= 11 is 1.15. The lowest BCUT2D eigenvalue weighted by atomic mass is 10.1. The molecule has 8 heteroatoms. The van der Waals surface area contributed by atoms with E-state index in [1.165, 1.54) is 0 Å². The molecule has 1 amide bonds. The molecule has 3 rings (SSSR count).